The summed E-state index contributed by atoms with van der Waals surface area (Å²) < 4.78 is 18.8. The third-order valence-electron chi connectivity index (χ3n) is 2.61. The van der Waals surface area contributed by atoms with Crippen molar-refractivity contribution in [3.8, 4) is 5.75 Å². The number of nitrogens with one attached hydrogen (secondary N) is 1. The highest BCUT2D eigenvalue weighted by Gasteiger charge is 2.05. The van der Waals surface area contributed by atoms with E-state index in [0.717, 1.165) is 5.56 Å². The first-order valence-electron chi connectivity index (χ1n) is 6.30. The maximum absolute atomic E-state index is 13.3. The summed E-state index contributed by atoms with van der Waals surface area (Å²) in [7, 11) is 5.25. The SMILES string of the molecule is CNCc1cc(F)cc(OCCCC(=O)N(C)C)c1. The Kier molecular flexibility index (Phi) is 6.29. The van der Waals surface area contributed by atoms with Gasteiger partial charge in [0.15, 0.2) is 0 Å². The fourth-order valence-electron chi connectivity index (χ4n) is 1.65. The van der Waals surface area contributed by atoms with Gasteiger partial charge in [-0.05, 0) is 31.2 Å². The monoisotopic (exact) mass is 268 g/mol. The molecule has 106 valence electrons. The molecule has 0 unspecified atom stereocenters. The molecule has 0 aliphatic heterocycles. The predicted molar refractivity (Wildman–Crippen MR) is 72.6 cm³/mol. The second-order valence-corrected chi connectivity index (χ2v) is 4.57. The average molecular weight is 268 g/mol. The molecule has 1 aromatic carbocycles. The Morgan fingerprint density at radius 3 is 2.74 bits per heavy atom. The van der Waals surface area contributed by atoms with Gasteiger partial charge in [-0.2, -0.15) is 0 Å². The Balaban J connectivity index is 2.42. The molecule has 0 saturated carbocycles. The number of halogens is 1. The standard InChI is InChI=1S/C14H21FN2O2/c1-16-10-11-7-12(15)9-13(8-11)19-6-4-5-14(18)17(2)3/h7-9,16H,4-6,10H2,1-3H3. The van der Waals surface area contributed by atoms with Crippen LogP contribution in [-0.4, -0.2) is 38.6 Å². The average Bonchev–Trinajstić information content (AvgIpc) is 2.34. The van der Waals surface area contributed by atoms with Gasteiger partial charge >= 0.3 is 0 Å². The van der Waals surface area contributed by atoms with Crippen LogP contribution in [0.4, 0.5) is 4.39 Å². The molecule has 0 aliphatic rings. The number of hydrogen-bond acceptors (Lipinski definition) is 3. The summed E-state index contributed by atoms with van der Waals surface area (Å²) in [5.74, 6) is 0.258. The summed E-state index contributed by atoms with van der Waals surface area (Å²) in [6.07, 6.45) is 1.06. The number of nitrogens with zero attached hydrogens (tertiary/aromatic N) is 1. The second kappa shape index (κ2) is 7.74. The lowest BCUT2D eigenvalue weighted by molar-refractivity contribution is -0.128. The van der Waals surface area contributed by atoms with Crippen LogP contribution in [0.5, 0.6) is 5.75 Å². The highest BCUT2D eigenvalue weighted by atomic mass is 19.1. The molecular weight excluding hydrogens is 247 g/mol. The van der Waals surface area contributed by atoms with Crippen LogP contribution in [0, 0.1) is 5.82 Å². The van der Waals surface area contributed by atoms with Crippen molar-refractivity contribution in [2.45, 2.75) is 19.4 Å². The maximum atomic E-state index is 13.3. The molecule has 0 fully saturated rings. The quantitative estimate of drug-likeness (QED) is 0.767. The molecule has 0 bridgehead atoms. The van der Waals surface area contributed by atoms with Gasteiger partial charge in [-0.15, -0.1) is 0 Å². The highest BCUT2D eigenvalue weighted by molar-refractivity contribution is 5.75. The molecule has 19 heavy (non-hydrogen) atoms. The van der Waals surface area contributed by atoms with Crippen molar-refractivity contribution in [2.75, 3.05) is 27.7 Å². The van der Waals surface area contributed by atoms with E-state index in [4.69, 9.17) is 4.74 Å². The Hall–Kier alpha value is -1.62. The minimum Gasteiger partial charge on any atom is -0.493 e. The third-order valence-corrected chi connectivity index (χ3v) is 2.61. The number of amides is 1. The van der Waals surface area contributed by atoms with Gasteiger partial charge in [0.25, 0.3) is 0 Å². The molecule has 1 aromatic rings. The predicted octanol–water partition coefficient (Wildman–Crippen LogP) is 1.79. The molecule has 0 radical (unpaired) electrons. The van der Waals surface area contributed by atoms with E-state index in [-0.39, 0.29) is 11.7 Å². The minimum atomic E-state index is -0.313. The third kappa shape index (κ3) is 5.70. The second-order valence-electron chi connectivity index (χ2n) is 4.57. The molecule has 0 aliphatic carbocycles. The van der Waals surface area contributed by atoms with Gasteiger partial charge in [0.05, 0.1) is 6.61 Å². The van der Waals surface area contributed by atoms with Crippen molar-refractivity contribution in [1.29, 1.82) is 0 Å². The normalized spacial score (nSPS) is 10.3. The van der Waals surface area contributed by atoms with E-state index >= 15 is 0 Å². The zero-order valence-electron chi connectivity index (χ0n) is 11.7. The van der Waals surface area contributed by atoms with Gasteiger partial charge in [-0.25, -0.2) is 4.39 Å². The lowest BCUT2D eigenvalue weighted by Crippen LogP contribution is -2.21. The van der Waals surface area contributed by atoms with Crippen molar-refractivity contribution < 1.29 is 13.9 Å². The van der Waals surface area contributed by atoms with Crippen molar-refractivity contribution >= 4 is 5.91 Å². The first-order valence-corrected chi connectivity index (χ1v) is 6.30. The number of hydrogen-bond donors (Lipinski definition) is 1. The summed E-state index contributed by atoms with van der Waals surface area (Å²) in [5, 5.41) is 2.96. The van der Waals surface area contributed by atoms with Gasteiger partial charge in [0.1, 0.15) is 11.6 Å². The van der Waals surface area contributed by atoms with E-state index in [0.29, 0.717) is 31.7 Å². The van der Waals surface area contributed by atoms with Gasteiger partial charge < -0.3 is 15.0 Å². The first-order chi connectivity index (χ1) is 9.02. The zero-order valence-corrected chi connectivity index (χ0v) is 11.7. The van der Waals surface area contributed by atoms with Crippen LogP contribution in [-0.2, 0) is 11.3 Å². The molecule has 1 amide bonds. The largest absolute Gasteiger partial charge is 0.493 e. The fourth-order valence-corrected chi connectivity index (χ4v) is 1.65. The van der Waals surface area contributed by atoms with E-state index in [1.54, 1.807) is 32.1 Å². The Morgan fingerprint density at radius 2 is 2.11 bits per heavy atom. The van der Waals surface area contributed by atoms with E-state index in [9.17, 15) is 9.18 Å². The van der Waals surface area contributed by atoms with E-state index in [2.05, 4.69) is 5.32 Å². The first kappa shape index (κ1) is 15.4. The number of benzene rings is 1. The van der Waals surface area contributed by atoms with Gasteiger partial charge in [0, 0.05) is 33.1 Å². The topological polar surface area (TPSA) is 41.6 Å². The molecule has 1 rings (SSSR count). The zero-order chi connectivity index (χ0) is 14.3. The van der Waals surface area contributed by atoms with Gasteiger partial charge in [-0.1, -0.05) is 0 Å². The van der Waals surface area contributed by atoms with E-state index < -0.39 is 0 Å². The smallest absolute Gasteiger partial charge is 0.222 e. The van der Waals surface area contributed by atoms with Crippen LogP contribution >= 0.6 is 0 Å². The van der Waals surface area contributed by atoms with Crippen LogP contribution in [0.15, 0.2) is 18.2 Å². The minimum absolute atomic E-state index is 0.0683. The molecule has 0 aromatic heterocycles. The van der Waals surface area contributed by atoms with E-state index in [1.165, 1.54) is 12.1 Å². The lowest BCUT2D eigenvalue weighted by Gasteiger charge is -2.11. The molecule has 1 N–H and O–H groups in total. The van der Waals surface area contributed by atoms with Crippen molar-refractivity contribution in [3.63, 3.8) is 0 Å². The summed E-state index contributed by atoms with van der Waals surface area (Å²) in [6, 6.07) is 4.62. The molecule has 5 heteroatoms. The summed E-state index contributed by atoms with van der Waals surface area (Å²) in [6.45, 7) is 0.995. The number of carbonyl (C=O) groups is 1. The Morgan fingerprint density at radius 1 is 1.37 bits per heavy atom. The number of ether oxygens (including phenoxy) is 1. The van der Waals surface area contributed by atoms with Crippen LogP contribution in [0.1, 0.15) is 18.4 Å². The van der Waals surface area contributed by atoms with E-state index in [1.807, 2.05) is 0 Å². The molecule has 0 saturated heterocycles. The number of carbonyl (C=O) groups excluding carboxylic acids is 1. The Labute approximate surface area is 113 Å². The Bertz CT molecular complexity index is 422. The van der Waals surface area contributed by atoms with Gasteiger partial charge in [-0.3, -0.25) is 4.79 Å². The van der Waals surface area contributed by atoms with Crippen molar-refractivity contribution in [1.82, 2.24) is 10.2 Å². The summed E-state index contributed by atoms with van der Waals surface area (Å²) in [5.41, 5.74) is 0.835. The summed E-state index contributed by atoms with van der Waals surface area (Å²) in [4.78, 5) is 12.9. The molecule has 4 nitrogen and oxygen atoms in total. The molecule has 0 atom stereocenters. The fraction of sp³-hybridized carbons (Fsp3) is 0.500. The van der Waals surface area contributed by atoms with Crippen LogP contribution in [0.25, 0.3) is 0 Å². The maximum Gasteiger partial charge on any atom is 0.222 e. The van der Waals surface area contributed by atoms with Crippen molar-refractivity contribution in [3.05, 3.63) is 29.6 Å². The van der Waals surface area contributed by atoms with Crippen LogP contribution in [0.3, 0.4) is 0 Å². The van der Waals surface area contributed by atoms with Crippen molar-refractivity contribution in [2.24, 2.45) is 0 Å². The molecular formula is C14H21FN2O2. The van der Waals surface area contributed by atoms with Gasteiger partial charge in [0.2, 0.25) is 5.91 Å². The summed E-state index contributed by atoms with van der Waals surface area (Å²) >= 11 is 0. The number of rotatable bonds is 7. The van der Waals surface area contributed by atoms with Crippen LogP contribution in [0.2, 0.25) is 0 Å². The highest BCUT2D eigenvalue weighted by Crippen LogP contribution is 2.16. The molecule has 0 heterocycles. The lowest BCUT2D eigenvalue weighted by atomic mass is 10.2. The van der Waals surface area contributed by atoms with Crippen LogP contribution < -0.4 is 10.1 Å². The molecule has 0 spiro atoms.